The van der Waals surface area contributed by atoms with Gasteiger partial charge in [0.15, 0.2) is 11.5 Å². The number of hydrogen-bond acceptors (Lipinski definition) is 4. The number of aromatic nitrogens is 2. The number of nitrogens with zero attached hydrogens (tertiary/aromatic N) is 4. The van der Waals surface area contributed by atoms with Crippen molar-refractivity contribution in [1.82, 2.24) is 9.38 Å². The molecule has 1 N–H and O–H groups in total. The fraction of sp³-hybridized carbons (Fsp3) is 0.0667. The maximum atomic E-state index is 11.4. The first-order valence-corrected chi connectivity index (χ1v) is 6.83. The van der Waals surface area contributed by atoms with Crippen molar-refractivity contribution >= 4 is 34.7 Å². The van der Waals surface area contributed by atoms with Crippen molar-refractivity contribution in [2.45, 2.75) is 6.92 Å². The Bertz CT molecular complexity index is 902. The molecular weight excluding hydrogens is 304 g/mol. The average Bonchev–Trinajstić information content (AvgIpc) is 2.87. The zero-order chi connectivity index (χ0) is 15.7. The van der Waals surface area contributed by atoms with Crippen LogP contribution in [0.2, 0.25) is 5.02 Å². The highest BCUT2D eigenvalue weighted by Crippen LogP contribution is 2.28. The predicted octanol–water partition coefficient (Wildman–Crippen LogP) is 4.41. The topological polar surface area (TPSA) is 79.3 Å². The Kier molecular flexibility index (Phi) is 3.60. The van der Waals surface area contributed by atoms with E-state index in [9.17, 15) is 9.90 Å². The maximum absolute atomic E-state index is 11.4. The first-order chi connectivity index (χ1) is 10.6. The molecular formula is C15H11ClN4O2. The lowest BCUT2D eigenvalue weighted by Gasteiger charge is -2.01. The molecule has 22 heavy (non-hydrogen) atoms. The highest BCUT2D eigenvalue weighted by molar-refractivity contribution is 6.32. The van der Waals surface area contributed by atoms with Gasteiger partial charge in [0, 0.05) is 5.69 Å². The zero-order valence-corrected chi connectivity index (χ0v) is 12.3. The lowest BCUT2D eigenvalue weighted by Crippen LogP contribution is -1.97. The normalized spacial score (nSPS) is 11.4. The molecule has 0 saturated heterocycles. The molecule has 0 spiro atoms. The van der Waals surface area contributed by atoms with Crippen molar-refractivity contribution in [2.75, 3.05) is 0 Å². The number of imidazole rings is 1. The summed E-state index contributed by atoms with van der Waals surface area (Å²) >= 11 is 6.02. The molecule has 0 aliphatic heterocycles. The summed E-state index contributed by atoms with van der Waals surface area (Å²) in [7, 11) is 0. The van der Waals surface area contributed by atoms with Crippen LogP contribution in [-0.2, 0) is 0 Å². The molecule has 0 unspecified atom stereocenters. The Morgan fingerprint density at radius 1 is 1.18 bits per heavy atom. The standard InChI is InChI=1S/C15H11ClN4O2/c1-9-5-4-8-12-17-13(15(21)22)14(20(9)12)19-18-11-7-3-2-6-10(11)16/h2-8H,1H3,(H,21,22). The van der Waals surface area contributed by atoms with Gasteiger partial charge in [0.1, 0.15) is 11.3 Å². The third-order valence-electron chi connectivity index (χ3n) is 3.12. The molecule has 0 atom stereocenters. The number of azo groups is 1. The molecule has 0 fully saturated rings. The van der Waals surface area contributed by atoms with E-state index in [0.29, 0.717) is 16.4 Å². The van der Waals surface area contributed by atoms with Crippen LogP contribution in [0.3, 0.4) is 0 Å². The van der Waals surface area contributed by atoms with Crippen LogP contribution in [0.25, 0.3) is 5.65 Å². The van der Waals surface area contributed by atoms with Gasteiger partial charge in [-0.15, -0.1) is 10.2 Å². The van der Waals surface area contributed by atoms with Crippen LogP contribution in [0.15, 0.2) is 52.7 Å². The van der Waals surface area contributed by atoms with E-state index in [4.69, 9.17) is 11.6 Å². The summed E-state index contributed by atoms with van der Waals surface area (Å²) in [5.74, 6) is -0.989. The Morgan fingerprint density at radius 2 is 1.95 bits per heavy atom. The molecule has 0 aliphatic rings. The molecule has 2 heterocycles. The minimum Gasteiger partial charge on any atom is -0.476 e. The van der Waals surface area contributed by atoms with Crippen LogP contribution in [-0.4, -0.2) is 20.5 Å². The van der Waals surface area contributed by atoms with E-state index in [1.807, 2.05) is 13.0 Å². The number of carboxylic acids is 1. The predicted molar refractivity (Wildman–Crippen MR) is 82.5 cm³/mol. The summed E-state index contributed by atoms with van der Waals surface area (Å²) in [5.41, 5.74) is 1.63. The van der Waals surface area contributed by atoms with Crippen LogP contribution in [0.1, 0.15) is 16.2 Å². The third kappa shape index (κ3) is 2.44. The quantitative estimate of drug-likeness (QED) is 0.727. The van der Waals surface area contributed by atoms with Gasteiger partial charge in [0.2, 0.25) is 0 Å². The molecule has 3 aromatic rings. The fourth-order valence-electron chi connectivity index (χ4n) is 2.11. The smallest absolute Gasteiger partial charge is 0.358 e. The number of pyridine rings is 1. The van der Waals surface area contributed by atoms with Crippen LogP contribution < -0.4 is 0 Å². The molecule has 2 aromatic heterocycles. The van der Waals surface area contributed by atoms with E-state index < -0.39 is 5.97 Å². The van der Waals surface area contributed by atoms with Crippen LogP contribution in [0.5, 0.6) is 0 Å². The number of hydrogen-bond donors (Lipinski definition) is 1. The van der Waals surface area contributed by atoms with E-state index in [1.54, 1.807) is 40.8 Å². The van der Waals surface area contributed by atoms with Crippen molar-refractivity contribution < 1.29 is 9.90 Å². The van der Waals surface area contributed by atoms with Crippen LogP contribution in [0.4, 0.5) is 11.5 Å². The van der Waals surface area contributed by atoms with Crippen molar-refractivity contribution in [3.05, 3.63) is 58.9 Å². The van der Waals surface area contributed by atoms with Gasteiger partial charge in [-0.1, -0.05) is 29.8 Å². The average molecular weight is 315 g/mol. The Morgan fingerprint density at radius 3 is 2.68 bits per heavy atom. The van der Waals surface area contributed by atoms with Gasteiger partial charge in [-0.2, -0.15) is 0 Å². The highest BCUT2D eigenvalue weighted by Gasteiger charge is 2.19. The minimum atomic E-state index is -1.16. The van der Waals surface area contributed by atoms with E-state index in [0.717, 1.165) is 5.69 Å². The van der Waals surface area contributed by atoms with Crippen LogP contribution in [0, 0.1) is 6.92 Å². The monoisotopic (exact) mass is 314 g/mol. The Balaban J connectivity index is 2.19. The van der Waals surface area contributed by atoms with Crippen molar-refractivity contribution in [3.63, 3.8) is 0 Å². The van der Waals surface area contributed by atoms with E-state index in [2.05, 4.69) is 15.2 Å². The fourth-order valence-corrected chi connectivity index (χ4v) is 2.28. The minimum absolute atomic E-state index is 0.148. The first-order valence-electron chi connectivity index (χ1n) is 6.45. The largest absolute Gasteiger partial charge is 0.476 e. The number of halogens is 1. The second-order valence-corrected chi connectivity index (χ2v) is 5.01. The number of aryl methyl sites for hydroxylation is 1. The van der Waals surface area contributed by atoms with Crippen molar-refractivity contribution in [2.24, 2.45) is 10.2 Å². The molecule has 6 nitrogen and oxygen atoms in total. The van der Waals surface area contributed by atoms with Gasteiger partial charge in [0.05, 0.1) is 5.02 Å². The van der Waals surface area contributed by atoms with Gasteiger partial charge in [0.25, 0.3) is 0 Å². The van der Waals surface area contributed by atoms with Crippen LogP contribution >= 0.6 is 11.6 Å². The lowest BCUT2D eigenvalue weighted by atomic mass is 10.3. The summed E-state index contributed by atoms with van der Waals surface area (Å²) in [6, 6.07) is 12.3. The summed E-state index contributed by atoms with van der Waals surface area (Å²) in [6.45, 7) is 1.84. The lowest BCUT2D eigenvalue weighted by molar-refractivity contribution is 0.0692. The number of rotatable bonds is 3. The molecule has 7 heteroatoms. The molecule has 110 valence electrons. The Labute approximate surface area is 130 Å². The zero-order valence-electron chi connectivity index (χ0n) is 11.6. The van der Waals surface area contributed by atoms with Gasteiger partial charge in [-0.25, -0.2) is 9.78 Å². The molecule has 3 rings (SSSR count). The molecule has 1 aromatic carbocycles. The van der Waals surface area contributed by atoms with Gasteiger partial charge < -0.3 is 5.11 Å². The Hall–Kier alpha value is -2.73. The first kappa shape index (κ1) is 14.2. The SMILES string of the molecule is Cc1cccc2nc(C(=O)O)c(N=Nc3ccccc3Cl)n12. The van der Waals surface area contributed by atoms with E-state index in [-0.39, 0.29) is 11.5 Å². The highest BCUT2D eigenvalue weighted by atomic mass is 35.5. The number of carbonyl (C=O) groups is 1. The number of aromatic carboxylic acids is 1. The van der Waals surface area contributed by atoms with Crippen molar-refractivity contribution in [1.29, 1.82) is 0 Å². The maximum Gasteiger partial charge on any atom is 0.358 e. The summed E-state index contributed by atoms with van der Waals surface area (Å²) in [5, 5.41) is 17.9. The summed E-state index contributed by atoms with van der Waals surface area (Å²) in [4.78, 5) is 15.5. The molecule has 0 aliphatic carbocycles. The molecule has 0 amide bonds. The molecule has 0 bridgehead atoms. The number of benzene rings is 1. The third-order valence-corrected chi connectivity index (χ3v) is 3.44. The summed E-state index contributed by atoms with van der Waals surface area (Å²) in [6.07, 6.45) is 0. The second-order valence-electron chi connectivity index (χ2n) is 4.60. The van der Waals surface area contributed by atoms with Gasteiger partial charge in [-0.3, -0.25) is 4.40 Å². The van der Waals surface area contributed by atoms with E-state index in [1.165, 1.54) is 0 Å². The van der Waals surface area contributed by atoms with Gasteiger partial charge >= 0.3 is 5.97 Å². The number of fused-ring (bicyclic) bond motifs is 1. The summed E-state index contributed by atoms with van der Waals surface area (Å²) < 4.78 is 1.64. The molecule has 0 saturated carbocycles. The second kappa shape index (κ2) is 5.57. The van der Waals surface area contributed by atoms with E-state index >= 15 is 0 Å². The molecule has 0 radical (unpaired) electrons. The number of carboxylic acid groups (broad SMARTS) is 1. The van der Waals surface area contributed by atoms with Crippen molar-refractivity contribution in [3.8, 4) is 0 Å². The van der Waals surface area contributed by atoms with Gasteiger partial charge in [-0.05, 0) is 31.2 Å².